The van der Waals surface area contributed by atoms with Gasteiger partial charge in [-0.25, -0.2) is 4.57 Å². The average molecular weight is 226 g/mol. The first-order valence-corrected chi connectivity index (χ1v) is 6.67. The van der Waals surface area contributed by atoms with Crippen molar-refractivity contribution in [3.8, 4) is 5.75 Å². The molecule has 0 bridgehead atoms. The van der Waals surface area contributed by atoms with Crippen LogP contribution in [0.1, 0.15) is 13.8 Å². The third kappa shape index (κ3) is 4.22. The second-order valence-corrected chi connectivity index (χ2v) is 5.07. The van der Waals surface area contributed by atoms with Crippen molar-refractivity contribution in [2.45, 2.75) is 13.8 Å². The predicted octanol–water partition coefficient (Wildman–Crippen LogP) is 3.83. The van der Waals surface area contributed by atoms with E-state index in [1.807, 2.05) is 25.1 Å². The van der Waals surface area contributed by atoms with Gasteiger partial charge in [0.25, 0.3) is 0 Å². The molecule has 0 aliphatic carbocycles. The van der Waals surface area contributed by atoms with Gasteiger partial charge >= 0.3 is 7.60 Å². The van der Waals surface area contributed by atoms with Crippen LogP contribution in [0.2, 0.25) is 0 Å². The summed E-state index contributed by atoms with van der Waals surface area (Å²) in [5, 5.41) is 0. The molecule has 4 heteroatoms. The summed E-state index contributed by atoms with van der Waals surface area (Å²) < 4.78 is 22.3. The zero-order chi connectivity index (χ0) is 11.3. The highest BCUT2D eigenvalue weighted by molar-refractivity contribution is 7.53. The van der Waals surface area contributed by atoms with E-state index in [0.717, 1.165) is 0 Å². The Hall–Kier alpha value is -1.21. The molecule has 82 valence electrons. The van der Waals surface area contributed by atoms with Crippen molar-refractivity contribution in [2.24, 2.45) is 0 Å². The quantitative estimate of drug-likeness (QED) is 0.578. The zero-order valence-corrected chi connectivity index (χ0v) is 10.0. The molecule has 1 aromatic carbocycles. The van der Waals surface area contributed by atoms with E-state index in [2.05, 4.69) is 0 Å². The predicted molar refractivity (Wildman–Crippen MR) is 61.1 cm³/mol. The van der Waals surface area contributed by atoms with Gasteiger partial charge < -0.3 is 9.05 Å². The number of benzene rings is 1. The lowest BCUT2D eigenvalue weighted by Gasteiger charge is -2.16. The molecule has 1 rings (SSSR count). The molecule has 1 unspecified atom stereocenters. The van der Waals surface area contributed by atoms with E-state index in [4.69, 9.17) is 9.05 Å². The average Bonchev–Trinajstić information content (AvgIpc) is 2.17. The number of hydrogen-bond acceptors (Lipinski definition) is 3. The molecule has 0 amide bonds. The summed E-state index contributed by atoms with van der Waals surface area (Å²) in [6.45, 7) is 5.01. The highest BCUT2D eigenvalue weighted by atomic mass is 31.2. The molecule has 1 atom stereocenters. The minimum atomic E-state index is -3.06. The van der Waals surface area contributed by atoms with Gasteiger partial charge in [0.2, 0.25) is 0 Å². The van der Waals surface area contributed by atoms with Crippen LogP contribution in [0.15, 0.2) is 42.2 Å². The van der Waals surface area contributed by atoms with Crippen LogP contribution in [0.4, 0.5) is 0 Å². The standard InChI is InChI=1S/C11H15O3P/c1-4-10(2)13-15(3,12)14-11-8-6-5-7-9-11/h4-9H,1-3H3. The molecule has 0 fully saturated rings. The van der Waals surface area contributed by atoms with Gasteiger partial charge in [-0.3, -0.25) is 0 Å². The van der Waals surface area contributed by atoms with Crippen molar-refractivity contribution in [1.82, 2.24) is 0 Å². The minimum absolute atomic E-state index is 0.548. The SMILES string of the molecule is CC=C(C)OP(C)(=O)Oc1ccccc1. The third-order valence-corrected chi connectivity index (χ3v) is 2.89. The summed E-state index contributed by atoms with van der Waals surface area (Å²) in [7, 11) is -3.06. The topological polar surface area (TPSA) is 35.5 Å². The van der Waals surface area contributed by atoms with Gasteiger partial charge in [-0.05, 0) is 32.1 Å². The molecule has 0 saturated heterocycles. The lowest BCUT2D eigenvalue weighted by Crippen LogP contribution is -1.95. The maximum Gasteiger partial charge on any atom is 0.427 e. The molecular weight excluding hydrogens is 211 g/mol. The van der Waals surface area contributed by atoms with Crippen molar-refractivity contribution >= 4 is 7.60 Å². The molecule has 15 heavy (non-hydrogen) atoms. The Balaban J connectivity index is 2.69. The van der Waals surface area contributed by atoms with Crippen molar-refractivity contribution in [1.29, 1.82) is 0 Å². The Bertz CT molecular complexity index is 384. The zero-order valence-electron chi connectivity index (χ0n) is 9.14. The van der Waals surface area contributed by atoms with E-state index in [1.54, 1.807) is 25.1 Å². The second kappa shape index (κ2) is 5.04. The number of hydrogen-bond donors (Lipinski definition) is 0. The van der Waals surface area contributed by atoms with Crippen LogP contribution >= 0.6 is 7.60 Å². The number of allylic oxidation sites excluding steroid dienone is 2. The highest BCUT2D eigenvalue weighted by Gasteiger charge is 2.19. The van der Waals surface area contributed by atoms with Gasteiger partial charge in [0, 0.05) is 0 Å². The summed E-state index contributed by atoms with van der Waals surface area (Å²) in [6.07, 6.45) is 1.74. The van der Waals surface area contributed by atoms with Gasteiger partial charge in [0.05, 0.1) is 12.4 Å². The van der Waals surface area contributed by atoms with Gasteiger partial charge in [0.15, 0.2) is 0 Å². The fraction of sp³-hybridized carbons (Fsp3) is 0.273. The fourth-order valence-electron chi connectivity index (χ4n) is 1.01. The van der Waals surface area contributed by atoms with Crippen LogP contribution in [-0.4, -0.2) is 6.66 Å². The Labute approximate surface area is 90.3 Å². The Kier molecular flexibility index (Phi) is 3.98. The van der Waals surface area contributed by atoms with Crippen LogP contribution in [0.25, 0.3) is 0 Å². The van der Waals surface area contributed by atoms with Crippen LogP contribution < -0.4 is 4.52 Å². The molecule has 1 aromatic rings. The molecule has 3 nitrogen and oxygen atoms in total. The van der Waals surface area contributed by atoms with Gasteiger partial charge in [-0.15, -0.1) is 0 Å². The molecule has 0 spiro atoms. The lowest BCUT2D eigenvalue weighted by molar-refractivity contribution is 0.337. The van der Waals surface area contributed by atoms with Gasteiger partial charge in [-0.2, -0.15) is 0 Å². The van der Waals surface area contributed by atoms with Crippen molar-refractivity contribution in [3.63, 3.8) is 0 Å². The normalized spacial score (nSPS) is 15.5. The van der Waals surface area contributed by atoms with E-state index in [-0.39, 0.29) is 0 Å². The third-order valence-electron chi connectivity index (χ3n) is 1.73. The summed E-state index contributed by atoms with van der Waals surface area (Å²) in [4.78, 5) is 0. The van der Waals surface area contributed by atoms with E-state index < -0.39 is 7.60 Å². The molecule has 0 N–H and O–H groups in total. The Morgan fingerprint density at radius 1 is 1.33 bits per heavy atom. The van der Waals surface area contributed by atoms with Gasteiger partial charge in [-0.1, -0.05) is 18.2 Å². The molecule has 0 aromatic heterocycles. The number of rotatable bonds is 4. The molecular formula is C11H15O3P. The summed E-state index contributed by atoms with van der Waals surface area (Å²) in [5.74, 6) is 1.14. The first kappa shape index (κ1) is 11.9. The van der Waals surface area contributed by atoms with E-state index >= 15 is 0 Å². The molecule has 0 heterocycles. The minimum Gasteiger partial charge on any atom is -0.421 e. The first-order valence-electron chi connectivity index (χ1n) is 4.68. The number of para-hydroxylation sites is 1. The van der Waals surface area contributed by atoms with Gasteiger partial charge in [0.1, 0.15) is 5.75 Å². The van der Waals surface area contributed by atoms with Crippen molar-refractivity contribution in [2.75, 3.05) is 6.66 Å². The Morgan fingerprint density at radius 2 is 1.93 bits per heavy atom. The first-order chi connectivity index (χ1) is 7.03. The van der Waals surface area contributed by atoms with Crippen molar-refractivity contribution < 1.29 is 13.6 Å². The van der Waals surface area contributed by atoms with Crippen LogP contribution in [0.3, 0.4) is 0 Å². The highest BCUT2D eigenvalue weighted by Crippen LogP contribution is 2.46. The fourth-order valence-corrected chi connectivity index (χ4v) is 2.18. The lowest BCUT2D eigenvalue weighted by atomic mass is 10.3. The van der Waals surface area contributed by atoms with Crippen LogP contribution in [-0.2, 0) is 9.09 Å². The van der Waals surface area contributed by atoms with Crippen molar-refractivity contribution in [3.05, 3.63) is 42.2 Å². The summed E-state index contributed by atoms with van der Waals surface area (Å²) in [5.41, 5.74) is 0. The molecule has 0 aliphatic rings. The molecule has 0 saturated carbocycles. The second-order valence-electron chi connectivity index (χ2n) is 3.17. The molecule has 0 aliphatic heterocycles. The molecule has 0 radical (unpaired) electrons. The van der Waals surface area contributed by atoms with Crippen LogP contribution in [0.5, 0.6) is 5.75 Å². The monoisotopic (exact) mass is 226 g/mol. The smallest absolute Gasteiger partial charge is 0.421 e. The Morgan fingerprint density at radius 3 is 2.47 bits per heavy atom. The maximum atomic E-state index is 11.9. The van der Waals surface area contributed by atoms with Crippen LogP contribution in [0, 0.1) is 0 Å². The summed E-state index contributed by atoms with van der Waals surface area (Å²) in [6, 6.07) is 8.98. The van der Waals surface area contributed by atoms with E-state index in [9.17, 15) is 4.57 Å². The van der Waals surface area contributed by atoms with E-state index in [1.165, 1.54) is 6.66 Å². The largest absolute Gasteiger partial charge is 0.427 e. The van der Waals surface area contributed by atoms with E-state index in [0.29, 0.717) is 11.5 Å². The summed E-state index contributed by atoms with van der Waals surface area (Å²) >= 11 is 0. The maximum absolute atomic E-state index is 11.9.